The molecule has 0 amide bonds. The average Bonchev–Trinajstić information content (AvgIpc) is 3.27. The number of esters is 3. The normalized spacial score (nSPS) is 12.4. The summed E-state index contributed by atoms with van der Waals surface area (Å²) in [6.07, 6.45) is 60.9. The molecule has 0 aromatic rings. The fourth-order valence-corrected chi connectivity index (χ4v) is 7.50. The molecule has 0 N–H and O–H groups in total. The number of ether oxygens (including phenoxy) is 3. The molecule has 6 nitrogen and oxygen atoms in total. The number of carbonyl (C=O) groups excluding carboxylic acids is 3. The highest BCUT2D eigenvalue weighted by atomic mass is 16.6. The molecule has 0 heterocycles. The second-order valence-corrected chi connectivity index (χ2v) is 17.8. The van der Waals surface area contributed by atoms with Crippen LogP contribution in [-0.4, -0.2) is 37.2 Å². The zero-order valence-corrected chi connectivity index (χ0v) is 41.1. The number of hydrogen-bond acceptors (Lipinski definition) is 6. The van der Waals surface area contributed by atoms with Gasteiger partial charge in [0.05, 0.1) is 0 Å². The van der Waals surface area contributed by atoms with Crippen molar-refractivity contribution in [1.82, 2.24) is 0 Å². The van der Waals surface area contributed by atoms with Gasteiger partial charge >= 0.3 is 17.9 Å². The summed E-state index contributed by atoms with van der Waals surface area (Å²) in [5, 5.41) is 0. The molecule has 0 aromatic heterocycles. The third-order valence-electron chi connectivity index (χ3n) is 11.6. The van der Waals surface area contributed by atoms with Crippen LogP contribution in [0.1, 0.15) is 271 Å². The fourth-order valence-electron chi connectivity index (χ4n) is 7.50. The first-order valence-corrected chi connectivity index (χ1v) is 26.6. The standard InChI is InChI=1S/C56H100O6/c1-4-7-10-13-16-19-22-24-26-28-30-32-34-37-40-43-46-49-55(58)61-52-53(51-60-54(57)48-45-42-39-36-21-18-15-12-9-6-3)62-56(59)50-47-44-41-38-35-33-31-29-27-25-23-20-17-14-11-8-5-2/h16-17,19-20,24-27,53H,4-15,18,21-23,28-52H2,1-3H3/b19-16-,20-17-,26-24-,27-25-/t53-/m0/s1. The van der Waals surface area contributed by atoms with Crippen LogP contribution in [0.5, 0.6) is 0 Å². The Morgan fingerprint density at radius 2 is 0.581 bits per heavy atom. The summed E-state index contributed by atoms with van der Waals surface area (Å²) in [4.78, 5) is 38.0. The van der Waals surface area contributed by atoms with E-state index in [9.17, 15) is 14.4 Å². The molecule has 0 rings (SSSR count). The summed E-state index contributed by atoms with van der Waals surface area (Å²) in [5.74, 6) is -0.886. The van der Waals surface area contributed by atoms with Crippen molar-refractivity contribution in [2.75, 3.05) is 13.2 Å². The summed E-state index contributed by atoms with van der Waals surface area (Å²) < 4.78 is 16.8. The predicted molar refractivity (Wildman–Crippen MR) is 265 cm³/mol. The molecule has 360 valence electrons. The maximum atomic E-state index is 12.8. The molecule has 0 fully saturated rings. The Labute approximate surface area is 384 Å². The lowest BCUT2D eigenvalue weighted by molar-refractivity contribution is -0.167. The van der Waals surface area contributed by atoms with E-state index >= 15 is 0 Å². The molecule has 62 heavy (non-hydrogen) atoms. The molecule has 0 bridgehead atoms. The van der Waals surface area contributed by atoms with E-state index in [0.717, 1.165) is 83.5 Å². The van der Waals surface area contributed by atoms with Crippen LogP contribution in [0.15, 0.2) is 48.6 Å². The van der Waals surface area contributed by atoms with E-state index in [1.165, 1.54) is 148 Å². The fraction of sp³-hybridized carbons (Fsp3) is 0.804. The highest BCUT2D eigenvalue weighted by Gasteiger charge is 2.19. The summed E-state index contributed by atoms with van der Waals surface area (Å²) >= 11 is 0. The van der Waals surface area contributed by atoms with Gasteiger partial charge in [-0.15, -0.1) is 0 Å². The molecule has 6 heteroatoms. The lowest BCUT2D eigenvalue weighted by atomic mass is 10.1. The highest BCUT2D eigenvalue weighted by Crippen LogP contribution is 2.15. The van der Waals surface area contributed by atoms with Gasteiger partial charge in [0.2, 0.25) is 0 Å². The molecule has 0 spiro atoms. The van der Waals surface area contributed by atoms with Crippen LogP contribution in [0, 0.1) is 0 Å². The molecule has 0 saturated carbocycles. The van der Waals surface area contributed by atoms with E-state index in [2.05, 4.69) is 69.4 Å². The largest absolute Gasteiger partial charge is 0.462 e. The molecular weight excluding hydrogens is 769 g/mol. The molecule has 0 aliphatic rings. The number of allylic oxidation sites excluding steroid dienone is 8. The summed E-state index contributed by atoms with van der Waals surface area (Å²) in [6.45, 7) is 6.58. The minimum atomic E-state index is -0.777. The topological polar surface area (TPSA) is 78.9 Å². The number of unbranched alkanes of at least 4 members (excludes halogenated alkanes) is 29. The van der Waals surface area contributed by atoms with Crippen molar-refractivity contribution in [2.45, 2.75) is 277 Å². The third-order valence-corrected chi connectivity index (χ3v) is 11.6. The van der Waals surface area contributed by atoms with Crippen molar-refractivity contribution < 1.29 is 28.6 Å². The maximum Gasteiger partial charge on any atom is 0.306 e. The number of rotatable bonds is 48. The van der Waals surface area contributed by atoms with Gasteiger partial charge in [0.1, 0.15) is 13.2 Å². The van der Waals surface area contributed by atoms with Crippen molar-refractivity contribution in [3.63, 3.8) is 0 Å². The Morgan fingerprint density at radius 1 is 0.323 bits per heavy atom. The maximum absolute atomic E-state index is 12.8. The van der Waals surface area contributed by atoms with E-state index < -0.39 is 6.10 Å². The smallest absolute Gasteiger partial charge is 0.306 e. The van der Waals surface area contributed by atoms with E-state index in [1.807, 2.05) is 0 Å². The van der Waals surface area contributed by atoms with Gasteiger partial charge in [-0.05, 0) is 83.5 Å². The van der Waals surface area contributed by atoms with Gasteiger partial charge in [-0.1, -0.05) is 217 Å². The van der Waals surface area contributed by atoms with Crippen molar-refractivity contribution in [1.29, 1.82) is 0 Å². The van der Waals surface area contributed by atoms with Crippen LogP contribution in [-0.2, 0) is 28.6 Å². The van der Waals surface area contributed by atoms with Gasteiger partial charge in [-0.2, -0.15) is 0 Å². The van der Waals surface area contributed by atoms with Gasteiger partial charge in [0.25, 0.3) is 0 Å². The molecule has 0 aromatic carbocycles. The van der Waals surface area contributed by atoms with Crippen LogP contribution in [0.4, 0.5) is 0 Å². The van der Waals surface area contributed by atoms with Crippen molar-refractivity contribution >= 4 is 17.9 Å². The highest BCUT2D eigenvalue weighted by molar-refractivity contribution is 5.71. The Bertz CT molecular complexity index is 1090. The summed E-state index contributed by atoms with van der Waals surface area (Å²) in [5.41, 5.74) is 0. The van der Waals surface area contributed by atoms with E-state index in [1.54, 1.807) is 0 Å². The molecule has 0 unspecified atom stereocenters. The molecule has 1 atom stereocenters. The first-order valence-electron chi connectivity index (χ1n) is 26.6. The number of hydrogen-bond donors (Lipinski definition) is 0. The van der Waals surface area contributed by atoms with Crippen molar-refractivity contribution in [3.05, 3.63) is 48.6 Å². The first kappa shape index (κ1) is 59.4. The van der Waals surface area contributed by atoms with Gasteiger partial charge in [0, 0.05) is 19.3 Å². The first-order chi connectivity index (χ1) is 30.5. The molecule has 0 radical (unpaired) electrons. The van der Waals surface area contributed by atoms with Crippen LogP contribution >= 0.6 is 0 Å². The van der Waals surface area contributed by atoms with Crippen molar-refractivity contribution in [3.8, 4) is 0 Å². The Balaban J connectivity index is 4.35. The van der Waals surface area contributed by atoms with Crippen LogP contribution in [0.3, 0.4) is 0 Å². The van der Waals surface area contributed by atoms with Gasteiger partial charge < -0.3 is 14.2 Å². The monoisotopic (exact) mass is 869 g/mol. The summed E-state index contributed by atoms with van der Waals surface area (Å²) in [7, 11) is 0. The number of carbonyl (C=O) groups is 3. The molecule has 0 aliphatic heterocycles. The lowest BCUT2D eigenvalue weighted by Crippen LogP contribution is -2.30. The van der Waals surface area contributed by atoms with Crippen LogP contribution in [0.25, 0.3) is 0 Å². The zero-order valence-electron chi connectivity index (χ0n) is 41.1. The Kier molecular flexibility index (Phi) is 48.8. The lowest BCUT2D eigenvalue weighted by Gasteiger charge is -2.18. The molecule has 0 aliphatic carbocycles. The van der Waals surface area contributed by atoms with Crippen LogP contribution in [0.2, 0.25) is 0 Å². The quantitative estimate of drug-likeness (QED) is 0.0262. The van der Waals surface area contributed by atoms with E-state index in [-0.39, 0.29) is 31.1 Å². The van der Waals surface area contributed by atoms with Gasteiger partial charge in [-0.3, -0.25) is 14.4 Å². The molecular formula is C56H100O6. The zero-order chi connectivity index (χ0) is 45.1. The minimum Gasteiger partial charge on any atom is -0.462 e. The predicted octanol–water partition coefficient (Wildman–Crippen LogP) is 17.5. The summed E-state index contributed by atoms with van der Waals surface area (Å²) in [6, 6.07) is 0. The molecule has 0 saturated heterocycles. The van der Waals surface area contributed by atoms with Gasteiger partial charge in [-0.25, -0.2) is 0 Å². The minimum absolute atomic E-state index is 0.0769. The SMILES string of the molecule is CCCCC/C=C\C/C=C\CCCCCCCCCC(=O)OC[C@H](COC(=O)CCCCCCCCCCCC)OC(=O)CCCCCCCCC/C=C\C/C=C\CCCCC. The second-order valence-electron chi connectivity index (χ2n) is 17.8. The van der Waals surface area contributed by atoms with Crippen molar-refractivity contribution in [2.24, 2.45) is 0 Å². The Hall–Kier alpha value is -2.63. The second kappa shape index (κ2) is 51.0. The van der Waals surface area contributed by atoms with Crippen LogP contribution < -0.4 is 0 Å². The van der Waals surface area contributed by atoms with E-state index in [0.29, 0.717) is 19.3 Å². The Morgan fingerprint density at radius 3 is 0.919 bits per heavy atom. The average molecular weight is 869 g/mol. The van der Waals surface area contributed by atoms with E-state index in [4.69, 9.17) is 14.2 Å². The third kappa shape index (κ3) is 48.4. The van der Waals surface area contributed by atoms with Gasteiger partial charge in [0.15, 0.2) is 6.10 Å².